The van der Waals surface area contributed by atoms with E-state index in [1.807, 2.05) is 24.5 Å². The average Bonchev–Trinajstić information content (AvgIpc) is 3.46. The number of nitrogens with one attached hydrogen (secondary N) is 3. The van der Waals surface area contributed by atoms with Crippen LogP contribution in [0.1, 0.15) is 40.7 Å². The Morgan fingerprint density at radius 1 is 1.00 bits per heavy atom. The van der Waals surface area contributed by atoms with E-state index in [2.05, 4.69) is 30.8 Å². The molecule has 9 nitrogen and oxygen atoms in total. The molecule has 0 spiro atoms. The first-order chi connectivity index (χ1) is 15.0. The second kappa shape index (κ2) is 8.62. The first-order valence-corrected chi connectivity index (χ1v) is 9.74. The molecule has 0 saturated carbocycles. The quantitative estimate of drug-likeness (QED) is 0.443. The molecule has 0 aliphatic rings. The number of nitrogens with zero attached hydrogens (tertiary/aromatic N) is 4. The SMILES string of the molecule is CC(C)n1cnnc1-c1cccc(NC(=O)c2cccc(NC(=O)c3ccc[nH]3)c2)n1. The minimum absolute atomic E-state index is 0.175. The lowest BCUT2D eigenvalue weighted by atomic mass is 10.2. The molecule has 4 rings (SSSR count). The van der Waals surface area contributed by atoms with Crippen molar-refractivity contribution in [3.05, 3.63) is 78.4 Å². The zero-order chi connectivity index (χ0) is 21.8. The van der Waals surface area contributed by atoms with Gasteiger partial charge in [0.1, 0.15) is 23.5 Å². The number of hydrogen-bond donors (Lipinski definition) is 3. The van der Waals surface area contributed by atoms with Gasteiger partial charge in [-0.05, 0) is 56.3 Å². The molecular formula is C22H21N7O2. The standard InChI is InChI=1S/C22H21N7O2/c1-14(2)29-13-24-28-20(29)17-8-4-10-19(26-17)27-21(30)15-6-3-7-16(12-15)25-22(31)18-9-5-11-23-18/h3-14,23H,1-2H3,(H,25,31)(H,26,27,30). The summed E-state index contributed by atoms with van der Waals surface area (Å²) in [7, 11) is 0. The molecule has 0 radical (unpaired) electrons. The van der Waals surface area contributed by atoms with Crippen molar-refractivity contribution in [2.24, 2.45) is 0 Å². The van der Waals surface area contributed by atoms with Gasteiger partial charge >= 0.3 is 0 Å². The molecule has 3 aromatic heterocycles. The van der Waals surface area contributed by atoms with Crippen LogP contribution in [0.4, 0.5) is 11.5 Å². The predicted octanol–water partition coefficient (Wildman–Crippen LogP) is 3.75. The van der Waals surface area contributed by atoms with Gasteiger partial charge < -0.3 is 20.2 Å². The Morgan fingerprint density at radius 2 is 1.84 bits per heavy atom. The van der Waals surface area contributed by atoms with E-state index in [0.29, 0.717) is 34.3 Å². The van der Waals surface area contributed by atoms with Crippen LogP contribution in [-0.4, -0.2) is 36.5 Å². The minimum Gasteiger partial charge on any atom is -0.357 e. The lowest BCUT2D eigenvalue weighted by Gasteiger charge is -2.11. The zero-order valence-electron chi connectivity index (χ0n) is 17.0. The number of pyridine rings is 1. The maximum absolute atomic E-state index is 12.8. The molecule has 4 aromatic rings. The van der Waals surface area contributed by atoms with Gasteiger partial charge in [0.25, 0.3) is 11.8 Å². The number of aromatic nitrogens is 5. The number of benzene rings is 1. The number of carbonyl (C=O) groups is 2. The van der Waals surface area contributed by atoms with Gasteiger partial charge in [-0.1, -0.05) is 12.1 Å². The summed E-state index contributed by atoms with van der Waals surface area (Å²) in [5.41, 5.74) is 1.95. The summed E-state index contributed by atoms with van der Waals surface area (Å²) in [5, 5.41) is 13.7. The second-order valence-corrected chi connectivity index (χ2v) is 7.14. The predicted molar refractivity (Wildman–Crippen MR) is 117 cm³/mol. The van der Waals surface area contributed by atoms with Crippen molar-refractivity contribution in [2.75, 3.05) is 10.6 Å². The van der Waals surface area contributed by atoms with E-state index >= 15 is 0 Å². The molecule has 0 atom stereocenters. The van der Waals surface area contributed by atoms with Crippen LogP contribution in [0, 0.1) is 0 Å². The molecule has 0 fully saturated rings. The highest BCUT2D eigenvalue weighted by Crippen LogP contribution is 2.20. The van der Waals surface area contributed by atoms with Crippen LogP contribution in [0.25, 0.3) is 11.5 Å². The molecule has 0 saturated heterocycles. The van der Waals surface area contributed by atoms with Crippen molar-refractivity contribution in [3.8, 4) is 11.5 Å². The number of H-pyrrole nitrogens is 1. The van der Waals surface area contributed by atoms with Gasteiger partial charge in [0.15, 0.2) is 5.82 Å². The van der Waals surface area contributed by atoms with Crippen LogP contribution >= 0.6 is 0 Å². The molecule has 0 aliphatic carbocycles. The summed E-state index contributed by atoms with van der Waals surface area (Å²) in [6.07, 6.45) is 3.32. The summed E-state index contributed by atoms with van der Waals surface area (Å²) >= 11 is 0. The summed E-state index contributed by atoms with van der Waals surface area (Å²) in [4.78, 5) is 32.3. The zero-order valence-corrected chi connectivity index (χ0v) is 17.0. The number of aromatic amines is 1. The lowest BCUT2D eigenvalue weighted by Crippen LogP contribution is -2.15. The van der Waals surface area contributed by atoms with Crippen LogP contribution in [0.2, 0.25) is 0 Å². The fraction of sp³-hybridized carbons (Fsp3) is 0.136. The number of rotatable bonds is 6. The van der Waals surface area contributed by atoms with Gasteiger partial charge in [0.05, 0.1) is 0 Å². The van der Waals surface area contributed by atoms with Gasteiger partial charge in [-0.15, -0.1) is 10.2 Å². The third-order valence-corrected chi connectivity index (χ3v) is 4.57. The van der Waals surface area contributed by atoms with E-state index in [-0.39, 0.29) is 17.9 Å². The van der Waals surface area contributed by atoms with E-state index in [0.717, 1.165) is 0 Å². The third-order valence-electron chi connectivity index (χ3n) is 4.57. The van der Waals surface area contributed by atoms with Crippen LogP contribution < -0.4 is 10.6 Å². The maximum atomic E-state index is 12.8. The number of hydrogen-bond acceptors (Lipinski definition) is 5. The van der Waals surface area contributed by atoms with Crippen LogP contribution in [-0.2, 0) is 0 Å². The average molecular weight is 415 g/mol. The van der Waals surface area contributed by atoms with E-state index < -0.39 is 0 Å². The Morgan fingerprint density at radius 3 is 2.61 bits per heavy atom. The Kier molecular flexibility index (Phi) is 5.57. The van der Waals surface area contributed by atoms with Gasteiger partial charge in [-0.3, -0.25) is 9.59 Å². The Labute approximate surface area is 178 Å². The van der Waals surface area contributed by atoms with Crippen molar-refractivity contribution in [1.82, 2.24) is 24.7 Å². The molecule has 9 heteroatoms. The van der Waals surface area contributed by atoms with Crippen LogP contribution in [0.5, 0.6) is 0 Å². The van der Waals surface area contributed by atoms with E-state index in [4.69, 9.17) is 0 Å². The van der Waals surface area contributed by atoms with Crippen molar-refractivity contribution in [3.63, 3.8) is 0 Å². The Balaban J connectivity index is 1.50. The number of carbonyl (C=O) groups excluding carboxylic acids is 2. The summed E-state index contributed by atoms with van der Waals surface area (Å²) in [6, 6.07) is 15.6. The van der Waals surface area contributed by atoms with Gasteiger partial charge in [-0.25, -0.2) is 4.98 Å². The summed E-state index contributed by atoms with van der Waals surface area (Å²) < 4.78 is 1.91. The second-order valence-electron chi connectivity index (χ2n) is 7.14. The highest BCUT2D eigenvalue weighted by molar-refractivity contribution is 6.06. The molecule has 156 valence electrons. The van der Waals surface area contributed by atoms with Gasteiger partial charge in [-0.2, -0.15) is 0 Å². The third kappa shape index (κ3) is 4.50. The first kappa shape index (κ1) is 20.0. The molecule has 31 heavy (non-hydrogen) atoms. The van der Waals surface area contributed by atoms with Crippen molar-refractivity contribution in [2.45, 2.75) is 19.9 Å². The fourth-order valence-electron chi connectivity index (χ4n) is 3.03. The molecule has 0 unspecified atom stereocenters. The highest BCUT2D eigenvalue weighted by atomic mass is 16.2. The van der Waals surface area contributed by atoms with Crippen molar-refractivity contribution >= 4 is 23.3 Å². The van der Waals surface area contributed by atoms with Crippen LogP contribution in [0.15, 0.2) is 67.1 Å². The molecule has 3 N–H and O–H groups in total. The molecule has 2 amide bonds. The monoisotopic (exact) mass is 415 g/mol. The normalized spacial score (nSPS) is 10.8. The largest absolute Gasteiger partial charge is 0.357 e. The highest BCUT2D eigenvalue weighted by Gasteiger charge is 2.14. The van der Waals surface area contributed by atoms with Gasteiger partial charge in [0.2, 0.25) is 0 Å². The first-order valence-electron chi connectivity index (χ1n) is 9.74. The molecule has 0 aliphatic heterocycles. The maximum Gasteiger partial charge on any atom is 0.272 e. The molecule has 3 heterocycles. The van der Waals surface area contributed by atoms with Crippen LogP contribution in [0.3, 0.4) is 0 Å². The smallest absolute Gasteiger partial charge is 0.272 e. The van der Waals surface area contributed by atoms with E-state index in [1.165, 1.54) is 0 Å². The minimum atomic E-state index is -0.342. The summed E-state index contributed by atoms with van der Waals surface area (Å²) in [5.74, 6) is 0.388. The summed E-state index contributed by atoms with van der Waals surface area (Å²) in [6.45, 7) is 4.06. The van der Waals surface area contributed by atoms with Crippen molar-refractivity contribution in [1.29, 1.82) is 0 Å². The Bertz CT molecular complexity index is 1210. The molecule has 1 aromatic carbocycles. The topological polar surface area (TPSA) is 118 Å². The fourth-order valence-corrected chi connectivity index (χ4v) is 3.03. The number of anilines is 2. The van der Waals surface area contributed by atoms with E-state index in [9.17, 15) is 9.59 Å². The van der Waals surface area contributed by atoms with E-state index in [1.54, 1.807) is 61.1 Å². The Hall–Kier alpha value is -4.27. The van der Waals surface area contributed by atoms with Gasteiger partial charge in [0, 0.05) is 23.5 Å². The molecule has 0 bridgehead atoms. The lowest BCUT2D eigenvalue weighted by molar-refractivity contribution is 0.101. The molecular weight excluding hydrogens is 394 g/mol. The van der Waals surface area contributed by atoms with Crippen molar-refractivity contribution < 1.29 is 9.59 Å². The number of amides is 2.